The van der Waals surface area contributed by atoms with Gasteiger partial charge in [-0.05, 0) is 26.7 Å². The topological polar surface area (TPSA) is 38.7 Å². The highest BCUT2D eigenvalue weighted by Crippen LogP contribution is 2.31. The predicted octanol–water partition coefficient (Wildman–Crippen LogP) is 3.53. The molecule has 0 aliphatic carbocycles. The summed E-state index contributed by atoms with van der Waals surface area (Å²) in [5.74, 6) is -0.198. The fourth-order valence-electron chi connectivity index (χ4n) is 1.66. The van der Waals surface area contributed by atoms with Crippen molar-refractivity contribution >= 4 is 12.2 Å². The summed E-state index contributed by atoms with van der Waals surface area (Å²) in [5.41, 5.74) is -0.364. The minimum atomic E-state index is -0.364. The Hall–Kier alpha value is -0.860. The van der Waals surface area contributed by atoms with Crippen molar-refractivity contribution in [2.24, 2.45) is 10.6 Å². The largest absolute Gasteiger partial charge is 0.340 e. The number of rotatable bonds is 7. The van der Waals surface area contributed by atoms with Crippen LogP contribution in [0.2, 0.25) is 0 Å². The van der Waals surface area contributed by atoms with Crippen LogP contribution in [-0.2, 0) is 9.63 Å². The highest BCUT2D eigenvalue weighted by molar-refractivity contribution is 5.76. The third-order valence-corrected chi connectivity index (χ3v) is 2.62. The van der Waals surface area contributed by atoms with Crippen LogP contribution in [0.5, 0.6) is 0 Å². The van der Waals surface area contributed by atoms with Crippen molar-refractivity contribution in [1.82, 2.24) is 0 Å². The molecule has 3 heteroatoms. The average Bonchev–Trinajstić information content (AvgIpc) is 2.23. The lowest BCUT2D eigenvalue weighted by Crippen LogP contribution is -2.28. The highest BCUT2D eigenvalue weighted by Gasteiger charge is 2.33. The van der Waals surface area contributed by atoms with E-state index >= 15 is 0 Å². The van der Waals surface area contributed by atoms with Crippen molar-refractivity contribution in [2.75, 3.05) is 0 Å². The quantitative estimate of drug-likeness (QED) is 0.368. The van der Waals surface area contributed by atoms with Crippen LogP contribution in [0.1, 0.15) is 59.8 Å². The Balaban J connectivity index is 4.38. The molecule has 0 radical (unpaired) electrons. The van der Waals surface area contributed by atoms with E-state index in [-0.39, 0.29) is 11.4 Å². The fourth-order valence-corrected chi connectivity index (χ4v) is 1.66. The van der Waals surface area contributed by atoms with Gasteiger partial charge in [0.1, 0.15) is 0 Å². The van der Waals surface area contributed by atoms with Gasteiger partial charge in [0.15, 0.2) is 0 Å². The molecular formula is C12H23NO2. The van der Waals surface area contributed by atoms with Gasteiger partial charge in [-0.2, -0.15) is 0 Å². The standard InChI is InChI=1S/C12H23NO2/c1-5-8-10-12(4,9-6-2)11(14)15-13-7-3/h7H,5-6,8-10H2,1-4H3/b13-7+. The summed E-state index contributed by atoms with van der Waals surface area (Å²) >= 11 is 0. The molecule has 0 amide bonds. The van der Waals surface area contributed by atoms with Gasteiger partial charge in [0.25, 0.3) is 0 Å². The first-order chi connectivity index (χ1) is 7.10. The first-order valence-electron chi connectivity index (χ1n) is 5.80. The maximum atomic E-state index is 11.8. The molecule has 0 saturated heterocycles. The number of oxime groups is 1. The van der Waals surface area contributed by atoms with E-state index in [1.54, 1.807) is 6.92 Å². The van der Waals surface area contributed by atoms with Gasteiger partial charge in [-0.25, -0.2) is 4.79 Å². The number of carbonyl (C=O) groups excluding carboxylic acids is 1. The zero-order chi connectivity index (χ0) is 11.7. The van der Waals surface area contributed by atoms with Crippen molar-refractivity contribution in [2.45, 2.75) is 59.8 Å². The van der Waals surface area contributed by atoms with Crippen LogP contribution in [0.15, 0.2) is 5.16 Å². The number of unbranched alkanes of at least 4 members (excludes halogenated alkanes) is 1. The van der Waals surface area contributed by atoms with Crippen LogP contribution in [0.4, 0.5) is 0 Å². The van der Waals surface area contributed by atoms with E-state index < -0.39 is 0 Å². The summed E-state index contributed by atoms with van der Waals surface area (Å²) in [6.07, 6.45) is 6.39. The maximum absolute atomic E-state index is 11.8. The lowest BCUT2D eigenvalue weighted by molar-refractivity contribution is -0.156. The van der Waals surface area contributed by atoms with Gasteiger partial charge in [-0.15, -0.1) is 0 Å². The number of nitrogens with zero attached hydrogens (tertiary/aromatic N) is 1. The van der Waals surface area contributed by atoms with Crippen LogP contribution in [0.25, 0.3) is 0 Å². The molecule has 0 aliphatic heterocycles. The third kappa shape index (κ3) is 4.96. The number of hydrogen-bond donors (Lipinski definition) is 0. The predicted molar refractivity (Wildman–Crippen MR) is 62.8 cm³/mol. The third-order valence-electron chi connectivity index (χ3n) is 2.62. The molecule has 0 spiro atoms. The Bertz CT molecular complexity index is 214. The molecule has 0 aromatic heterocycles. The summed E-state index contributed by atoms with van der Waals surface area (Å²) in [6, 6.07) is 0. The SMILES string of the molecule is C/C=N/OC(=O)C(C)(CCC)CCCC. The molecule has 0 aromatic carbocycles. The second-order valence-electron chi connectivity index (χ2n) is 4.16. The van der Waals surface area contributed by atoms with Crippen molar-refractivity contribution < 1.29 is 9.63 Å². The zero-order valence-corrected chi connectivity index (χ0v) is 10.4. The maximum Gasteiger partial charge on any atom is 0.340 e. The van der Waals surface area contributed by atoms with Gasteiger partial charge >= 0.3 is 5.97 Å². The zero-order valence-electron chi connectivity index (χ0n) is 10.4. The molecule has 0 heterocycles. The molecule has 1 unspecified atom stereocenters. The Labute approximate surface area is 92.9 Å². The lowest BCUT2D eigenvalue weighted by Gasteiger charge is -2.24. The Kier molecular flexibility index (Phi) is 7.01. The summed E-state index contributed by atoms with van der Waals surface area (Å²) in [4.78, 5) is 16.6. The average molecular weight is 213 g/mol. The summed E-state index contributed by atoms with van der Waals surface area (Å²) in [5, 5.41) is 3.55. The molecule has 15 heavy (non-hydrogen) atoms. The van der Waals surface area contributed by atoms with E-state index in [9.17, 15) is 4.79 Å². The van der Waals surface area contributed by atoms with Crippen LogP contribution >= 0.6 is 0 Å². The molecule has 0 N–H and O–H groups in total. The van der Waals surface area contributed by atoms with Gasteiger partial charge in [0, 0.05) is 6.21 Å². The normalized spacial score (nSPS) is 15.2. The molecule has 0 rings (SSSR count). The van der Waals surface area contributed by atoms with E-state index in [1.807, 2.05) is 6.92 Å². The summed E-state index contributed by atoms with van der Waals surface area (Å²) in [7, 11) is 0. The van der Waals surface area contributed by atoms with E-state index in [1.165, 1.54) is 6.21 Å². The molecule has 1 atom stereocenters. The van der Waals surface area contributed by atoms with Gasteiger partial charge in [0.05, 0.1) is 5.41 Å². The summed E-state index contributed by atoms with van der Waals surface area (Å²) in [6.45, 7) is 7.92. The van der Waals surface area contributed by atoms with Crippen molar-refractivity contribution in [1.29, 1.82) is 0 Å². The van der Waals surface area contributed by atoms with Gasteiger partial charge in [0.2, 0.25) is 0 Å². The number of hydrogen-bond acceptors (Lipinski definition) is 3. The van der Waals surface area contributed by atoms with Crippen LogP contribution in [0, 0.1) is 5.41 Å². The second kappa shape index (κ2) is 7.43. The monoisotopic (exact) mass is 213 g/mol. The van der Waals surface area contributed by atoms with Crippen LogP contribution in [-0.4, -0.2) is 12.2 Å². The first kappa shape index (κ1) is 14.1. The Morgan fingerprint density at radius 2 is 2.00 bits per heavy atom. The van der Waals surface area contributed by atoms with E-state index in [0.29, 0.717) is 0 Å². The van der Waals surface area contributed by atoms with Crippen molar-refractivity contribution in [3.8, 4) is 0 Å². The van der Waals surface area contributed by atoms with Crippen LogP contribution in [0.3, 0.4) is 0 Å². The minimum Gasteiger partial charge on any atom is -0.318 e. The molecule has 88 valence electrons. The molecule has 0 aliphatic rings. The van der Waals surface area contributed by atoms with Gasteiger partial charge < -0.3 is 4.84 Å². The summed E-state index contributed by atoms with van der Waals surface area (Å²) < 4.78 is 0. The molecule has 3 nitrogen and oxygen atoms in total. The lowest BCUT2D eigenvalue weighted by atomic mass is 9.81. The van der Waals surface area contributed by atoms with E-state index in [4.69, 9.17) is 4.84 Å². The minimum absolute atomic E-state index is 0.198. The smallest absolute Gasteiger partial charge is 0.318 e. The molecule has 0 saturated carbocycles. The number of carbonyl (C=O) groups is 1. The van der Waals surface area contributed by atoms with E-state index in [0.717, 1.165) is 32.1 Å². The molecule has 0 fully saturated rings. The Morgan fingerprint density at radius 1 is 1.33 bits per heavy atom. The van der Waals surface area contributed by atoms with Crippen molar-refractivity contribution in [3.63, 3.8) is 0 Å². The Morgan fingerprint density at radius 3 is 2.47 bits per heavy atom. The highest BCUT2D eigenvalue weighted by atomic mass is 16.7. The molecule has 0 bridgehead atoms. The van der Waals surface area contributed by atoms with Crippen LogP contribution < -0.4 is 0 Å². The first-order valence-corrected chi connectivity index (χ1v) is 5.80. The second-order valence-corrected chi connectivity index (χ2v) is 4.16. The van der Waals surface area contributed by atoms with E-state index in [2.05, 4.69) is 19.0 Å². The fraction of sp³-hybridized carbons (Fsp3) is 0.833. The van der Waals surface area contributed by atoms with Crippen molar-refractivity contribution in [3.05, 3.63) is 0 Å². The molecule has 0 aromatic rings. The van der Waals surface area contributed by atoms with Gasteiger partial charge in [-0.1, -0.05) is 38.3 Å². The van der Waals surface area contributed by atoms with Gasteiger partial charge in [-0.3, -0.25) is 0 Å². The molecular weight excluding hydrogens is 190 g/mol.